The van der Waals surface area contributed by atoms with E-state index in [9.17, 15) is 4.79 Å². The first kappa shape index (κ1) is 8.37. The van der Waals surface area contributed by atoms with E-state index in [4.69, 9.17) is 0 Å². The van der Waals surface area contributed by atoms with Crippen LogP contribution in [-0.2, 0) is 0 Å². The molecule has 3 heteroatoms. The van der Waals surface area contributed by atoms with E-state index in [1.807, 2.05) is 0 Å². The molecule has 0 unspecified atom stereocenters. The summed E-state index contributed by atoms with van der Waals surface area (Å²) in [5.74, 6) is 0. The lowest BCUT2D eigenvalue weighted by molar-refractivity contribution is 0.242. The molecule has 1 fully saturated rings. The van der Waals surface area contributed by atoms with Crippen LogP contribution in [0, 0.1) is 5.41 Å². The zero-order valence-corrected chi connectivity index (χ0v) is 7.24. The van der Waals surface area contributed by atoms with Crippen molar-refractivity contribution < 1.29 is 4.79 Å². The Morgan fingerprint density at radius 2 is 2.18 bits per heavy atom. The Bertz CT molecular complexity index is 152. The van der Waals surface area contributed by atoms with Crippen LogP contribution in [0.15, 0.2) is 0 Å². The van der Waals surface area contributed by atoms with Crippen molar-refractivity contribution in [2.24, 2.45) is 5.41 Å². The third kappa shape index (κ3) is 2.78. The average molecular weight is 156 g/mol. The fourth-order valence-electron chi connectivity index (χ4n) is 1.03. The molecule has 1 saturated carbocycles. The second-order valence-corrected chi connectivity index (χ2v) is 3.57. The summed E-state index contributed by atoms with van der Waals surface area (Å²) < 4.78 is 0. The summed E-state index contributed by atoms with van der Waals surface area (Å²) in [6, 6.07) is -0.0748. The Kier molecular flexibility index (Phi) is 2.37. The number of rotatable bonds is 3. The second-order valence-electron chi connectivity index (χ2n) is 3.57. The quantitative estimate of drug-likeness (QED) is 0.631. The van der Waals surface area contributed by atoms with Crippen LogP contribution in [0.5, 0.6) is 0 Å². The molecule has 11 heavy (non-hydrogen) atoms. The molecular formula is C8H16N2O. The Hall–Kier alpha value is -0.730. The van der Waals surface area contributed by atoms with Gasteiger partial charge in [-0.05, 0) is 24.7 Å². The number of nitrogens with one attached hydrogen (secondary N) is 2. The van der Waals surface area contributed by atoms with Gasteiger partial charge in [0.05, 0.1) is 0 Å². The van der Waals surface area contributed by atoms with Crippen molar-refractivity contribution in [1.29, 1.82) is 0 Å². The molecular weight excluding hydrogens is 140 g/mol. The van der Waals surface area contributed by atoms with E-state index in [-0.39, 0.29) is 6.03 Å². The second kappa shape index (κ2) is 3.11. The Morgan fingerprint density at radius 1 is 1.55 bits per heavy atom. The number of hydrogen-bond acceptors (Lipinski definition) is 1. The van der Waals surface area contributed by atoms with Crippen LogP contribution in [0.2, 0.25) is 0 Å². The summed E-state index contributed by atoms with van der Waals surface area (Å²) in [6.07, 6.45) is 3.76. The third-order valence-corrected chi connectivity index (χ3v) is 2.34. The molecule has 2 N–H and O–H groups in total. The topological polar surface area (TPSA) is 41.1 Å². The van der Waals surface area contributed by atoms with Crippen LogP contribution in [0.25, 0.3) is 0 Å². The molecule has 1 aliphatic rings. The van der Waals surface area contributed by atoms with Gasteiger partial charge in [0, 0.05) is 13.6 Å². The van der Waals surface area contributed by atoms with Crippen molar-refractivity contribution in [3.63, 3.8) is 0 Å². The molecule has 0 aromatic heterocycles. The van der Waals surface area contributed by atoms with Gasteiger partial charge in [-0.25, -0.2) is 4.79 Å². The highest BCUT2D eigenvalue weighted by molar-refractivity contribution is 5.73. The maximum Gasteiger partial charge on any atom is 0.314 e. The van der Waals surface area contributed by atoms with Crippen molar-refractivity contribution in [3.05, 3.63) is 0 Å². The van der Waals surface area contributed by atoms with Gasteiger partial charge in [-0.3, -0.25) is 0 Å². The summed E-state index contributed by atoms with van der Waals surface area (Å²) in [6.45, 7) is 3.06. The fourth-order valence-corrected chi connectivity index (χ4v) is 1.03. The van der Waals surface area contributed by atoms with Crippen molar-refractivity contribution in [3.8, 4) is 0 Å². The summed E-state index contributed by atoms with van der Waals surface area (Å²) in [5, 5.41) is 5.30. The zero-order chi connectivity index (χ0) is 8.32. The minimum absolute atomic E-state index is 0.0748. The number of hydrogen-bond donors (Lipinski definition) is 2. The predicted octanol–water partition coefficient (Wildman–Crippen LogP) is 1.11. The van der Waals surface area contributed by atoms with Gasteiger partial charge < -0.3 is 10.6 Å². The number of amides is 2. The Balaban J connectivity index is 2.00. The lowest BCUT2D eigenvalue weighted by atomic mass is 10.1. The van der Waals surface area contributed by atoms with Gasteiger partial charge in [0.2, 0.25) is 0 Å². The average Bonchev–Trinajstić information content (AvgIpc) is 2.68. The summed E-state index contributed by atoms with van der Waals surface area (Å²) >= 11 is 0. The largest absolute Gasteiger partial charge is 0.341 e. The van der Waals surface area contributed by atoms with E-state index in [0.29, 0.717) is 5.41 Å². The first-order valence-corrected chi connectivity index (χ1v) is 4.12. The SMILES string of the molecule is CNC(=O)NCCC1(C)CC1. The number of carbonyl (C=O) groups is 1. The van der Waals surface area contributed by atoms with Gasteiger partial charge in [0.15, 0.2) is 0 Å². The van der Waals surface area contributed by atoms with Gasteiger partial charge in [-0.15, -0.1) is 0 Å². The molecule has 1 rings (SSSR count). The molecule has 64 valence electrons. The Morgan fingerprint density at radius 3 is 2.64 bits per heavy atom. The molecule has 0 heterocycles. The normalized spacial score (nSPS) is 19.1. The van der Waals surface area contributed by atoms with E-state index >= 15 is 0 Å². The first-order valence-electron chi connectivity index (χ1n) is 4.12. The third-order valence-electron chi connectivity index (χ3n) is 2.34. The lowest BCUT2D eigenvalue weighted by Crippen LogP contribution is -2.33. The van der Waals surface area contributed by atoms with Gasteiger partial charge in [0.25, 0.3) is 0 Å². The van der Waals surface area contributed by atoms with Crippen LogP contribution in [0.1, 0.15) is 26.2 Å². The summed E-state index contributed by atoms with van der Waals surface area (Å²) in [5.41, 5.74) is 0.543. The highest BCUT2D eigenvalue weighted by Gasteiger charge is 2.36. The minimum atomic E-state index is -0.0748. The van der Waals surface area contributed by atoms with Crippen molar-refractivity contribution in [1.82, 2.24) is 10.6 Å². The van der Waals surface area contributed by atoms with Gasteiger partial charge in [-0.2, -0.15) is 0 Å². The van der Waals surface area contributed by atoms with Crippen LogP contribution in [0.3, 0.4) is 0 Å². The molecule has 0 radical (unpaired) electrons. The minimum Gasteiger partial charge on any atom is -0.341 e. The molecule has 0 spiro atoms. The van der Waals surface area contributed by atoms with E-state index in [1.54, 1.807) is 7.05 Å². The van der Waals surface area contributed by atoms with Crippen LogP contribution in [-0.4, -0.2) is 19.6 Å². The van der Waals surface area contributed by atoms with Crippen molar-refractivity contribution in [2.75, 3.05) is 13.6 Å². The maximum absolute atomic E-state index is 10.7. The molecule has 0 saturated heterocycles. The summed E-state index contributed by atoms with van der Waals surface area (Å²) in [4.78, 5) is 10.7. The van der Waals surface area contributed by atoms with E-state index < -0.39 is 0 Å². The molecule has 0 aromatic rings. The van der Waals surface area contributed by atoms with Crippen LogP contribution in [0.4, 0.5) is 4.79 Å². The van der Waals surface area contributed by atoms with Crippen molar-refractivity contribution >= 4 is 6.03 Å². The predicted molar refractivity (Wildman–Crippen MR) is 44.4 cm³/mol. The Labute approximate surface area is 67.5 Å². The summed E-state index contributed by atoms with van der Waals surface area (Å²) in [7, 11) is 1.63. The standard InChI is InChI=1S/C8H16N2O/c1-8(3-4-8)5-6-10-7(11)9-2/h3-6H2,1-2H3,(H2,9,10,11). The molecule has 2 amide bonds. The molecule has 3 nitrogen and oxygen atoms in total. The maximum atomic E-state index is 10.7. The van der Waals surface area contributed by atoms with Crippen molar-refractivity contribution in [2.45, 2.75) is 26.2 Å². The van der Waals surface area contributed by atoms with Crippen LogP contribution >= 0.6 is 0 Å². The zero-order valence-electron chi connectivity index (χ0n) is 7.24. The first-order chi connectivity index (χ1) is 5.16. The van der Waals surface area contributed by atoms with E-state index in [1.165, 1.54) is 12.8 Å². The molecule has 0 aliphatic heterocycles. The number of urea groups is 1. The lowest BCUT2D eigenvalue weighted by Gasteiger charge is -2.08. The van der Waals surface area contributed by atoms with E-state index in [2.05, 4.69) is 17.6 Å². The van der Waals surface area contributed by atoms with Crippen LogP contribution < -0.4 is 10.6 Å². The highest BCUT2D eigenvalue weighted by atomic mass is 16.2. The molecule has 0 bridgehead atoms. The molecule has 0 atom stereocenters. The van der Waals surface area contributed by atoms with Gasteiger partial charge in [-0.1, -0.05) is 6.92 Å². The molecule has 1 aliphatic carbocycles. The van der Waals surface area contributed by atoms with Gasteiger partial charge >= 0.3 is 6.03 Å². The highest BCUT2D eigenvalue weighted by Crippen LogP contribution is 2.47. The number of carbonyl (C=O) groups excluding carboxylic acids is 1. The molecule has 0 aromatic carbocycles. The van der Waals surface area contributed by atoms with Gasteiger partial charge in [0.1, 0.15) is 0 Å². The monoisotopic (exact) mass is 156 g/mol. The van der Waals surface area contributed by atoms with E-state index in [0.717, 1.165) is 13.0 Å². The smallest absolute Gasteiger partial charge is 0.314 e. The fraction of sp³-hybridized carbons (Fsp3) is 0.875.